The molecule has 1 aliphatic rings. The summed E-state index contributed by atoms with van der Waals surface area (Å²) >= 11 is 5.82. The number of ether oxygens (including phenoxy) is 3. The summed E-state index contributed by atoms with van der Waals surface area (Å²) in [5.41, 5.74) is 5.98. The molecule has 4 N–H and O–H groups in total. The number of cyclic esters (lactones) is 1. The van der Waals surface area contributed by atoms with Gasteiger partial charge in [0.05, 0.1) is 7.11 Å². The number of nitrogens with two attached hydrogens (primary N) is 1. The summed E-state index contributed by atoms with van der Waals surface area (Å²) in [6, 6.07) is -0.821. The average molecular weight is 590 g/mol. The van der Waals surface area contributed by atoms with Crippen molar-refractivity contribution in [1.82, 2.24) is 10.6 Å². The molecule has 0 saturated heterocycles. The summed E-state index contributed by atoms with van der Waals surface area (Å²) in [6.45, 7) is 9.11. The molecule has 0 fully saturated rings. The Labute approximate surface area is 247 Å². The second kappa shape index (κ2) is 18.4. The Morgan fingerprint density at radius 3 is 2.54 bits per heavy atom. The number of allylic oxidation sites excluding steroid dienone is 4. The summed E-state index contributed by atoms with van der Waals surface area (Å²) in [5.74, 6) is 3.59. The molecule has 1 aliphatic heterocycles. The van der Waals surface area contributed by atoms with Gasteiger partial charge in [-0.1, -0.05) is 68.2 Å². The fourth-order valence-electron chi connectivity index (χ4n) is 3.71. The van der Waals surface area contributed by atoms with Crippen LogP contribution in [0.2, 0.25) is 0 Å². The summed E-state index contributed by atoms with van der Waals surface area (Å²) in [5, 5.41) is 5.80. The molecule has 0 aromatic rings. The van der Waals surface area contributed by atoms with Crippen molar-refractivity contribution in [2.45, 2.75) is 72.1 Å². The lowest BCUT2D eigenvalue weighted by atomic mass is 9.97. The number of rotatable bonds is 13. The number of hydrogen-bond acceptors (Lipinski definition) is 7. The van der Waals surface area contributed by atoms with Gasteiger partial charge in [-0.2, -0.15) is 0 Å². The predicted molar refractivity (Wildman–Crippen MR) is 157 cm³/mol. The van der Waals surface area contributed by atoms with Crippen LogP contribution < -0.4 is 16.4 Å². The number of nitrogens with one attached hydrogen (secondary N) is 2. The Morgan fingerprint density at radius 2 is 1.95 bits per heavy atom. The van der Waals surface area contributed by atoms with Crippen LogP contribution in [-0.4, -0.2) is 49.2 Å². The molecule has 41 heavy (non-hydrogen) atoms. The molecule has 3 amide bonds. The molecule has 0 bridgehead atoms. The van der Waals surface area contributed by atoms with Gasteiger partial charge in [0, 0.05) is 30.2 Å². The van der Waals surface area contributed by atoms with E-state index in [4.69, 9.17) is 31.5 Å². The lowest BCUT2D eigenvalue weighted by Gasteiger charge is -2.25. The number of carbonyl (C=O) groups is 4. The quantitative estimate of drug-likeness (QED) is 0.166. The molecule has 2 unspecified atom stereocenters. The van der Waals surface area contributed by atoms with Crippen molar-refractivity contribution in [2.24, 2.45) is 17.6 Å². The van der Waals surface area contributed by atoms with Gasteiger partial charge < -0.3 is 30.6 Å². The van der Waals surface area contributed by atoms with Crippen LogP contribution in [0, 0.1) is 23.7 Å². The third-order valence-corrected chi connectivity index (χ3v) is 6.02. The van der Waals surface area contributed by atoms with Crippen LogP contribution in [0.15, 0.2) is 59.0 Å². The molecule has 0 aromatic heterocycles. The van der Waals surface area contributed by atoms with E-state index >= 15 is 0 Å². The van der Waals surface area contributed by atoms with Crippen molar-refractivity contribution in [1.29, 1.82) is 0 Å². The third kappa shape index (κ3) is 14.3. The maximum atomic E-state index is 12.6. The van der Waals surface area contributed by atoms with Crippen LogP contribution in [0.3, 0.4) is 0 Å². The van der Waals surface area contributed by atoms with Gasteiger partial charge in [-0.3, -0.25) is 9.59 Å². The number of methoxy groups -OCH3 is 1. The molecule has 0 aliphatic carbocycles. The Hall–Kier alpha value is -3.97. The maximum Gasteiger partial charge on any atom is 0.404 e. The van der Waals surface area contributed by atoms with E-state index in [2.05, 4.69) is 22.5 Å². The fourth-order valence-corrected chi connectivity index (χ4v) is 3.80. The van der Waals surface area contributed by atoms with E-state index in [1.165, 1.54) is 19.4 Å². The van der Waals surface area contributed by atoms with Crippen molar-refractivity contribution < 1.29 is 33.4 Å². The van der Waals surface area contributed by atoms with Crippen molar-refractivity contribution in [2.75, 3.05) is 7.11 Å². The molecule has 224 valence electrons. The lowest BCUT2D eigenvalue weighted by molar-refractivity contribution is -0.151. The maximum absolute atomic E-state index is 12.6. The van der Waals surface area contributed by atoms with Crippen molar-refractivity contribution in [3.05, 3.63) is 59.0 Å². The third-order valence-electron chi connectivity index (χ3n) is 5.87. The minimum Gasteiger partial charge on any atom is -0.490 e. The Kier molecular flexibility index (Phi) is 15.7. The summed E-state index contributed by atoms with van der Waals surface area (Å²) in [4.78, 5) is 48.0. The second-order valence-corrected chi connectivity index (χ2v) is 10.3. The first kappa shape index (κ1) is 35.1. The highest BCUT2D eigenvalue weighted by Gasteiger charge is 2.27. The second-order valence-electron chi connectivity index (χ2n) is 9.75. The smallest absolute Gasteiger partial charge is 0.404 e. The number of halogens is 1. The monoisotopic (exact) mass is 589 g/mol. The minimum atomic E-state index is -0.905. The molecule has 10 nitrogen and oxygen atoms in total. The van der Waals surface area contributed by atoms with Gasteiger partial charge in [0.1, 0.15) is 18.2 Å². The highest BCUT2D eigenvalue weighted by Crippen LogP contribution is 2.22. The molecule has 11 heteroatoms. The molecule has 1 rings (SSSR count). The SMILES string of the molecule is COC1=CCC([C@H](C)/C=C(C)/C=C/C#CC(=O)NC(C(=O)N/C=C/C[C@@H](C/C=C(/C)Cl)OC(N)=O)C(C)C)OC1=O. The van der Waals surface area contributed by atoms with E-state index in [1.807, 2.05) is 19.9 Å². The zero-order chi connectivity index (χ0) is 30.9. The zero-order valence-electron chi connectivity index (χ0n) is 24.4. The summed E-state index contributed by atoms with van der Waals surface area (Å²) < 4.78 is 15.4. The Bertz CT molecular complexity index is 1150. The van der Waals surface area contributed by atoms with Crippen LogP contribution in [-0.2, 0) is 28.6 Å². The number of carbonyl (C=O) groups excluding carboxylic acids is 4. The number of hydrogen-bond donors (Lipinski definition) is 3. The van der Waals surface area contributed by atoms with Gasteiger partial charge in [0.2, 0.25) is 5.91 Å². The first-order valence-corrected chi connectivity index (χ1v) is 13.6. The molecule has 0 aromatic carbocycles. The van der Waals surface area contributed by atoms with Crippen molar-refractivity contribution in [3.63, 3.8) is 0 Å². The molecule has 1 heterocycles. The first-order chi connectivity index (χ1) is 19.3. The van der Waals surface area contributed by atoms with Crippen LogP contribution in [0.1, 0.15) is 53.9 Å². The highest BCUT2D eigenvalue weighted by atomic mass is 35.5. The van der Waals surface area contributed by atoms with Crippen molar-refractivity contribution in [3.8, 4) is 11.8 Å². The Morgan fingerprint density at radius 1 is 1.24 bits per heavy atom. The molecule has 0 spiro atoms. The molecular formula is C30H40ClN3O7. The van der Waals surface area contributed by atoms with Gasteiger partial charge in [-0.25, -0.2) is 9.59 Å². The van der Waals surface area contributed by atoms with Crippen LogP contribution in [0.25, 0.3) is 0 Å². The van der Waals surface area contributed by atoms with Crippen molar-refractivity contribution >= 4 is 35.5 Å². The van der Waals surface area contributed by atoms with Gasteiger partial charge >= 0.3 is 12.1 Å². The van der Waals surface area contributed by atoms with Gasteiger partial charge in [-0.15, -0.1) is 0 Å². The zero-order valence-corrected chi connectivity index (χ0v) is 25.1. The van der Waals surface area contributed by atoms with Gasteiger partial charge in [0.25, 0.3) is 5.91 Å². The van der Waals surface area contributed by atoms with E-state index in [1.54, 1.807) is 45.1 Å². The van der Waals surface area contributed by atoms with E-state index in [-0.39, 0.29) is 23.7 Å². The van der Waals surface area contributed by atoms with Crippen LogP contribution in [0.4, 0.5) is 4.79 Å². The van der Waals surface area contributed by atoms with Gasteiger partial charge in [0.15, 0.2) is 5.76 Å². The molecule has 0 saturated carbocycles. The van der Waals surface area contributed by atoms with E-state index in [9.17, 15) is 19.2 Å². The van der Waals surface area contributed by atoms with E-state index in [0.717, 1.165) is 5.57 Å². The Balaban J connectivity index is 2.65. The van der Waals surface area contributed by atoms with E-state index < -0.39 is 36.0 Å². The molecule has 0 radical (unpaired) electrons. The van der Waals surface area contributed by atoms with Crippen LogP contribution in [0.5, 0.6) is 0 Å². The topological polar surface area (TPSA) is 146 Å². The lowest BCUT2D eigenvalue weighted by Crippen LogP contribution is -2.48. The number of amides is 3. The fraction of sp³-hybridized carbons (Fsp3) is 0.467. The first-order valence-electron chi connectivity index (χ1n) is 13.2. The number of esters is 1. The predicted octanol–water partition coefficient (Wildman–Crippen LogP) is 4.13. The largest absolute Gasteiger partial charge is 0.490 e. The molecular weight excluding hydrogens is 550 g/mol. The minimum absolute atomic E-state index is 0.0397. The van der Waals surface area contributed by atoms with Crippen LogP contribution >= 0.6 is 11.6 Å². The summed E-state index contributed by atoms with van der Waals surface area (Å²) in [7, 11) is 1.43. The number of primary amides is 1. The molecule has 4 atom stereocenters. The summed E-state index contributed by atoms with van der Waals surface area (Å²) in [6.07, 6.45) is 11.2. The highest BCUT2D eigenvalue weighted by molar-refractivity contribution is 6.29. The van der Waals surface area contributed by atoms with Gasteiger partial charge in [-0.05, 0) is 44.0 Å². The van der Waals surface area contributed by atoms with E-state index in [0.29, 0.717) is 24.3 Å². The average Bonchev–Trinajstić information content (AvgIpc) is 2.89. The standard InChI is InChI=1S/C30H40ClN3O7/c1-19(2)27(28(36)33-17-9-11-23(40-30(32)38)14-13-22(5)31)34-26(35)12-8-7-10-20(3)18-21(4)24-15-16-25(39-6)29(37)41-24/h7,9-10,13,16-19,21,23-24,27H,11,14-15H2,1-6H3,(H2,32,38)(H,33,36)(H,34,35)/b10-7+,17-9+,20-18+,22-13-/t21-,23+,24?,27?/m1/s1. The normalized spacial score (nSPS) is 18.1.